The van der Waals surface area contributed by atoms with Crippen molar-refractivity contribution in [2.24, 2.45) is 0 Å². The van der Waals surface area contributed by atoms with Gasteiger partial charge in [0.15, 0.2) is 0 Å². The Labute approximate surface area is 97.0 Å². The molecule has 0 radical (unpaired) electrons. The highest BCUT2D eigenvalue weighted by molar-refractivity contribution is 7.88. The fourth-order valence-electron chi connectivity index (χ4n) is 1.26. The van der Waals surface area contributed by atoms with Crippen LogP contribution in [0.2, 0.25) is 0 Å². The quantitative estimate of drug-likeness (QED) is 0.615. The van der Waals surface area contributed by atoms with Gasteiger partial charge in [-0.3, -0.25) is 4.79 Å². The van der Waals surface area contributed by atoms with Crippen LogP contribution in [0.4, 0.5) is 0 Å². The zero-order chi connectivity index (χ0) is 12.8. The topological polar surface area (TPSA) is 75.7 Å². The van der Waals surface area contributed by atoms with Gasteiger partial charge in [0.25, 0.3) is 0 Å². The maximum absolute atomic E-state index is 11.7. The van der Waals surface area contributed by atoms with Gasteiger partial charge in [-0.05, 0) is 13.3 Å². The van der Waals surface area contributed by atoms with Crippen LogP contribution in [-0.4, -0.2) is 58.8 Å². The van der Waals surface area contributed by atoms with Crippen molar-refractivity contribution in [3.05, 3.63) is 0 Å². The Balaban J connectivity index is 4.12. The number of likely N-dealkylation sites (N-methyl/N-ethyl adjacent to an activating group) is 1. The van der Waals surface area contributed by atoms with E-state index in [1.165, 1.54) is 11.8 Å². The molecule has 1 N–H and O–H groups in total. The molecule has 7 heteroatoms. The Morgan fingerprint density at radius 1 is 1.50 bits per heavy atom. The minimum Gasteiger partial charge on any atom is -0.385 e. The molecule has 1 amide bonds. The fourth-order valence-corrected chi connectivity index (χ4v) is 2.00. The molecule has 0 aliphatic carbocycles. The Hall–Kier alpha value is -0.660. The van der Waals surface area contributed by atoms with Crippen LogP contribution in [0.1, 0.15) is 13.3 Å². The minimum absolute atomic E-state index is 0.249. The fraction of sp³-hybridized carbons (Fsp3) is 0.889. The largest absolute Gasteiger partial charge is 0.385 e. The van der Waals surface area contributed by atoms with Gasteiger partial charge in [-0.2, -0.15) is 0 Å². The van der Waals surface area contributed by atoms with E-state index in [-0.39, 0.29) is 5.91 Å². The molecule has 0 spiro atoms. The summed E-state index contributed by atoms with van der Waals surface area (Å²) in [5, 5.41) is 0. The smallest absolute Gasteiger partial charge is 0.240 e. The monoisotopic (exact) mass is 252 g/mol. The van der Waals surface area contributed by atoms with Crippen LogP contribution in [-0.2, 0) is 19.6 Å². The molecule has 0 bridgehead atoms. The summed E-state index contributed by atoms with van der Waals surface area (Å²) in [6.45, 7) is 2.64. The lowest BCUT2D eigenvalue weighted by Crippen LogP contribution is -2.45. The predicted molar refractivity (Wildman–Crippen MR) is 61.6 cm³/mol. The molecule has 0 aromatic heterocycles. The molecule has 0 aliphatic rings. The van der Waals surface area contributed by atoms with Crippen LogP contribution in [0.3, 0.4) is 0 Å². The average Bonchev–Trinajstić information content (AvgIpc) is 2.14. The van der Waals surface area contributed by atoms with Gasteiger partial charge in [0.1, 0.15) is 0 Å². The second kappa shape index (κ2) is 6.82. The molecule has 0 rings (SSSR count). The number of nitrogens with zero attached hydrogens (tertiary/aromatic N) is 1. The molecule has 0 saturated heterocycles. The van der Waals surface area contributed by atoms with Gasteiger partial charge in [-0.25, -0.2) is 13.1 Å². The molecule has 1 atom stereocenters. The lowest BCUT2D eigenvalue weighted by atomic mass is 10.3. The van der Waals surface area contributed by atoms with E-state index in [1.54, 1.807) is 14.2 Å². The minimum atomic E-state index is -3.35. The molecule has 1 unspecified atom stereocenters. The maximum Gasteiger partial charge on any atom is 0.240 e. The number of nitrogens with one attached hydrogen (secondary N) is 1. The molecule has 0 aliphatic heterocycles. The molecular formula is C9H20N2O4S. The van der Waals surface area contributed by atoms with Crippen molar-refractivity contribution in [1.29, 1.82) is 0 Å². The zero-order valence-electron chi connectivity index (χ0n) is 10.2. The Bertz CT molecular complexity index is 315. The molecule has 6 nitrogen and oxygen atoms in total. The van der Waals surface area contributed by atoms with Gasteiger partial charge in [-0.1, -0.05) is 0 Å². The summed E-state index contributed by atoms with van der Waals surface area (Å²) in [6, 6.07) is -0.734. The predicted octanol–water partition coefficient (Wildman–Crippen LogP) is -0.581. The van der Waals surface area contributed by atoms with Crippen molar-refractivity contribution < 1.29 is 17.9 Å². The number of carbonyl (C=O) groups excluding carboxylic acids is 1. The van der Waals surface area contributed by atoms with E-state index in [1.807, 2.05) is 0 Å². The van der Waals surface area contributed by atoms with E-state index >= 15 is 0 Å². The Morgan fingerprint density at radius 3 is 2.50 bits per heavy atom. The number of hydrogen-bond acceptors (Lipinski definition) is 4. The molecule has 16 heavy (non-hydrogen) atoms. The van der Waals surface area contributed by atoms with Crippen LogP contribution >= 0.6 is 0 Å². The molecule has 0 aromatic carbocycles. The second-order valence-electron chi connectivity index (χ2n) is 3.72. The number of methoxy groups -OCH3 is 1. The number of rotatable bonds is 7. The molecule has 96 valence electrons. The number of sulfonamides is 1. The van der Waals surface area contributed by atoms with Crippen LogP contribution in [0.15, 0.2) is 0 Å². The van der Waals surface area contributed by atoms with E-state index in [0.29, 0.717) is 13.2 Å². The lowest BCUT2D eigenvalue weighted by molar-refractivity contribution is -0.131. The number of hydrogen-bond donors (Lipinski definition) is 1. The zero-order valence-corrected chi connectivity index (χ0v) is 11.0. The molecular weight excluding hydrogens is 232 g/mol. The van der Waals surface area contributed by atoms with Crippen molar-refractivity contribution in [2.75, 3.05) is 33.6 Å². The third-order valence-electron chi connectivity index (χ3n) is 1.98. The first-order valence-electron chi connectivity index (χ1n) is 4.99. The average molecular weight is 252 g/mol. The first kappa shape index (κ1) is 15.3. The summed E-state index contributed by atoms with van der Waals surface area (Å²) in [6.07, 6.45) is 1.76. The van der Waals surface area contributed by atoms with Gasteiger partial charge >= 0.3 is 0 Å². The second-order valence-corrected chi connectivity index (χ2v) is 5.50. The summed E-state index contributed by atoms with van der Waals surface area (Å²) < 4.78 is 29.0. The summed E-state index contributed by atoms with van der Waals surface area (Å²) in [5.41, 5.74) is 0. The van der Waals surface area contributed by atoms with Crippen LogP contribution in [0.25, 0.3) is 0 Å². The Kier molecular flexibility index (Phi) is 6.54. The first-order chi connectivity index (χ1) is 7.28. The van der Waals surface area contributed by atoms with Gasteiger partial charge in [-0.15, -0.1) is 0 Å². The third kappa shape index (κ3) is 6.76. The normalized spacial score (nSPS) is 13.5. The van der Waals surface area contributed by atoms with Gasteiger partial charge in [0.05, 0.1) is 12.3 Å². The van der Waals surface area contributed by atoms with Crippen LogP contribution in [0.5, 0.6) is 0 Å². The van der Waals surface area contributed by atoms with E-state index in [0.717, 1.165) is 12.7 Å². The molecule has 0 saturated carbocycles. The number of ether oxygens (including phenoxy) is 1. The third-order valence-corrected chi connectivity index (χ3v) is 2.76. The van der Waals surface area contributed by atoms with E-state index in [2.05, 4.69) is 4.72 Å². The summed E-state index contributed by atoms with van der Waals surface area (Å²) >= 11 is 0. The Morgan fingerprint density at radius 2 is 2.06 bits per heavy atom. The molecule has 0 heterocycles. The highest BCUT2D eigenvalue weighted by Crippen LogP contribution is 1.95. The summed E-state index contributed by atoms with van der Waals surface area (Å²) in [7, 11) is -0.119. The van der Waals surface area contributed by atoms with Crippen molar-refractivity contribution in [1.82, 2.24) is 9.62 Å². The highest BCUT2D eigenvalue weighted by Gasteiger charge is 2.19. The van der Waals surface area contributed by atoms with Crippen molar-refractivity contribution in [3.63, 3.8) is 0 Å². The van der Waals surface area contributed by atoms with E-state index in [9.17, 15) is 13.2 Å². The summed E-state index contributed by atoms with van der Waals surface area (Å²) in [5.74, 6) is -0.249. The molecule has 0 fully saturated rings. The number of carbonyl (C=O) groups is 1. The van der Waals surface area contributed by atoms with Crippen molar-refractivity contribution >= 4 is 15.9 Å². The summed E-state index contributed by atoms with van der Waals surface area (Å²) in [4.78, 5) is 13.2. The maximum atomic E-state index is 11.7. The molecule has 0 aromatic rings. The SMILES string of the molecule is COCCCN(C)C(=O)C(C)NS(C)(=O)=O. The van der Waals surface area contributed by atoms with Crippen molar-refractivity contribution in [3.8, 4) is 0 Å². The van der Waals surface area contributed by atoms with Gasteiger partial charge < -0.3 is 9.64 Å². The number of amides is 1. The highest BCUT2D eigenvalue weighted by atomic mass is 32.2. The van der Waals surface area contributed by atoms with Crippen LogP contribution in [0, 0.1) is 0 Å². The van der Waals surface area contributed by atoms with E-state index < -0.39 is 16.1 Å². The van der Waals surface area contributed by atoms with Gasteiger partial charge in [0, 0.05) is 27.3 Å². The van der Waals surface area contributed by atoms with E-state index in [4.69, 9.17) is 4.74 Å². The van der Waals surface area contributed by atoms with Gasteiger partial charge in [0.2, 0.25) is 15.9 Å². The van der Waals surface area contributed by atoms with Crippen LogP contribution < -0.4 is 4.72 Å². The first-order valence-corrected chi connectivity index (χ1v) is 6.88. The lowest BCUT2D eigenvalue weighted by Gasteiger charge is -2.21. The standard InChI is InChI=1S/C9H20N2O4S/c1-8(10-16(4,13)14)9(12)11(2)6-5-7-15-3/h8,10H,5-7H2,1-4H3. The van der Waals surface area contributed by atoms with Crippen molar-refractivity contribution in [2.45, 2.75) is 19.4 Å².